The second kappa shape index (κ2) is 9.20. The fraction of sp³-hybridized carbons (Fsp3) is 0.577. The Balaban J connectivity index is 1.42. The van der Waals surface area contributed by atoms with Gasteiger partial charge in [-0.05, 0) is 52.5 Å². The topological polar surface area (TPSA) is 67.7 Å². The van der Waals surface area contributed by atoms with Gasteiger partial charge in [0.2, 0.25) is 0 Å². The molecule has 33 heavy (non-hydrogen) atoms. The van der Waals surface area contributed by atoms with E-state index in [-0.39, 0.29) is 17.9 Å². The molecule has 3 heterocycles. The molecule has 0 radical (unpaired) electrons. The first-order valence-electron chi connectivity index (χ1n) is 12.0. The van der Waals surface area contributed by atoms with Crippen LogP contribution in [0.5, 0.6) is 0 Å². The standard InChI is InChI=1S/C26H36N4O3/c1-18-6-8-19(9-7-18)21-12-15-30(17-21)24(31)22-16-27-28(5)23(22)20-10-13-29(14-11-20)25(32)33-26(2,3)4/h6-9,16,20-21H,10-15,17H2,1-5H3. The summed E-state index contributed by atoms with van der Waals surface area (Å²) in [6, 6.07) is 8.65. The van der Waals surface area contributed by atoms with Crippen LogP contribution in [0.1, 0.15) is 79.0 Å². The molecule has 2 aliphatic rings. The molecule has 1 unspecified atom stereocenters. The molecule has 4 rings (SSSR count). The van der Waals surface area contributed by atoms with E-state index in [0.29, 0.717) is 24.6 Å². The molecule has 0 aliphatic carbocycles. The van der Waals surface area contributed by atoms with Gasteiger partial charge in [-0.1, -0.05) is 29.8 Å². The summed E-state index contributed by atoms with van der Waals surface area (Å²) in [7, 11) is 1.91. The second-order valence-electron chi connectivity index (χ2n) is 10.5. The van der Waals surface area contributed by atoms with E-state index < -0.39 is 5.60 Å². The maximum Gasteiger partial charge on any atom is 0.410 e. The number of benzene rings is 1. The van der Waals surface area contributed by atoms with E-state index in [0.717, 1.165) is 38.0 Å². The predicted octanol–water partition coefficient (Wildman–Crippen LogP) is 4.47. The van der Waals surface area contributed by atoms with Crippen molar-refractivity contribution in [2.24, 2.45) is 7.05 Å². The van der Waals surface area contributed by atoms with Crippen molar-refractivity contribution in [3.05, 3.63) is 52.8 Å². The molecule has 0 saturated carbocycles. The molecule has 178 valence electrons. The summed E-state index contributed by atoms with van der Waals surface area (Å²) in [5.74, 6) is 0.652. The Hall–Kier alpha value is -2.83. The number of piperidine rings is 1. The third-order valence-electron chi connectivity index (χ3n) is 6.77. The van der Waals surface area contributed by atoms with Crippen LogP contribution >= 0.6 is 0 Å². The highest BCUT2D eigenvalue weighted by Gasteiger charge is 2.34. The van der Waals surface area contributed by atoms with E-state index in [9.17, 15) is 9.59 Å². The summed E-state index contributed by atoms with van der Waals surface area (Å²) in [4.78, 5) is 29.6. The fourth-order valence-electron chi connectivity index (χ4n) is 4.98. The molecule has 2 saturated heterocycles. The third kappa shape index (κ3) is 5.23. The van der Waals surface area contributed by atoms with Gasteiger partial charge in [0, 0.05) is 45.1 Å². The van der Waals surface area contributed by atoms with Gasteiger partial charge in [0.1, 0.15) is 5.60 Å². The predicted molar refractivity (Wildman–Crippen MR) is 127 cm³/mol. The number of aryl methyl sites for hydroxylation is 2. The molecule has 2 amide bonds. The van der Waals surface area contributed by atoms with Crippen molar-refractivity contribution < 1.29 is 14.3 Å². The Bertz CT molecular complexity index is 998. The van der Waals surface area contributed by atoms with Crippen LogP contribution in [-0.4, -0.2) is 63.4 Å². The van der Waals surface area contributed by atoms with Gasteiger partial charge < -0.3 is 14.5 Å². The van der Waals surface area contributed by atoms with Crippen molar-refractivity contribution in [3.63, 3.8) is 0 Å². The van der Waals surface area contributed by atoms with E-state index in [4.69, 9.17) is 4.74 Å². The van der Waals surface area contributed by atoms with Crippen molar-refractivity contribution in [2.45, 2.75) is 64.4 Å². The Morgan fingerprint density at radius 3 is 2.21 bits per heavy atom. The number of rotatable bonds is 3. The first-order chi connectivity index (χ1) is 15.6. The van der Waals surface area contributed by atoms with Crippen LogP contribution in [0, 0.1) is 6.92 Å². The number of nitrogens with zero attached hydrogens (tertiary/aromatic N) is 4. The Kier molecular flexibility index (Phi) is 6.50. The van der Waals surface area contributed by atoms with E-state index >= 15 is 0 Å². The monoisotopic (exact) mass is 452 g/mol. The molecule has 1 aromatic carbocycles. The number of ether oxygens (including phenoxy) is 1. The van der Waals surface area contributed by atoms with Gasteiger partial charge in [0.25, 0.3) is 5.91 Å². The van der Waals surface area contributed by atoms with Gasteiger partial charge in [-0.2, -0.15) is 5.10 Å². The van der Waals surface area contributed by atoms with Crippen molar-refractivity contribution >= 4 is 12.0 Å². The summed E-state index contributed by atoms with van der Waals surface area (Å²) in [6.07, 6.45) is 4.03. The molecule has 0 bridgehead atoms. The lowest BCUT2D eigenvalue weighted by molar-refractivity contribution is 0.0202. The fourth-order valence-corrected chi connectivity index (χ4v) is 4.98. The number of hydrogen-bond donors (Lipinski definition) is 0. The summed E-state index contributed by atoms with van der Waals surface area (Å²) in [5.41, 5.74) is 3.75. The summed E-state index contributed by atoms with van der Waals surface area (Å²) < 4.78 is 7.36. The average molecular weight is 453 g/mol. The lowest BCUT2D eigenvalue weighted by Crippen LogP contribution is -2.41. The zero-order valence-electron chi connectivity index (χ0n) is 20.5. The van der Waals surface area contributed by atoms with Gasteiger partial charge in [-0.3, -0.25) is 9.48 Å². The second-order valence-corrected chi connectivity index (χ2v) is 10.5. The number of carbonyl (C=O) groups is 2. The van der Waals surface area contributed by atoms with Crippen LogP contribution in [0.3, 0.4) is 0 Å². The molecule has 7 nitrogen and oxygen atoms in total. The molecule has 2 fully saturated rings. The molecule has 2 aliphatic heterocycles. The minimum atomic E-state index is -0.498. The van der Waals surface area contributed by atoms with Crippen molar-refractivity contribution in [3.8, 4) is 0 Å². The van der Waals surface area contributed by atoms with Crippen LogP contribution in [0.4, 0.5) is 4.79 Å². The lowest BCUT2D eigenvalue weighted by Gasteiger charge is -2.34. The zero-order valence-corrected chi connectivity index (χ0v) is 20.5. The van der Waals surface area contributed by atoms with Crippen LogP contribution in [0.2, 0.25) is 0 Å². The van der Waals surface area contributed by atoms with E-state index in [2.05, 4.69) is 36.3 Å². The number of hydrogen-bond acceptors (Lipinski definition) is 4. The van der Waals surface area contributed by atoms with Crippen LogP contribution in [0.15, 0.2) is 30.5 Å². The highest BCUT2D eigenvalue weighted by Crippen LogP contribution is 2.33. The first-order valence-corrected chi connectivity index (χ1v) is 12.0. The normalized spacial score (nSPS) is 19.7. The number of amides is 2. The number of likely N-dealkylation sites (tertiary alicyclic amines) is 2. The Morgan fingerprint density at radius 1 is 0.970 bits per heavy atom. The van der Waals surface area contributed by atoms with Crippen LogP contribution < -0.4 is 0 Å². The lowest BCUT2D eigenvalue weighted by atomic mass is 9.91. The van der Waals surface area contributed by atoms with Crippen LogP contribution in [-0.2, 0) is 11.8 Å². The molecular weight excluding hydrogens is 416 g/mol. The highest BCUT2D eigenvalue weighted by atomic mass is 16.6. The molecule has 7 heteroatoms. The first kappa shape index (κ1) is 23.3. The minimum Gasteiger partial charge on any atom is -0.444 e. The average Bonchev–Trinajstić information content (AvgIpc) is 3.40. The maximum absolute atomic E-state index is 13.5. The van der Waals surface area contributed by atoms with Gasteiger partial charge in [0.05, 0.1) is 17.5 Å². The van der Waals surface area contributed by atoms with E-state index in [1.165, 1.54) is 11.1 Å². The third-order valence-corrected chi connectivity index (χ3v) is 6.77. The maximum atomic E-state index is 13.5. The van der Waals surface area contributed by atoms with Crippen molar-refractivity contribution in [1.29, 1.82) is 0 Å². The quantitative estimate of drug-likeness (QED) is 0.689. The molecule has 2 aromatic rings. The molecule has 1 atom stereocenters. The van der Waals surface area contributed by atoms with Gasteiger partial charge in [-0.25, -0.2) is 4.79 Å². The Labute approximate surface area is 196 Å². The number of aromatic nitrogens is 2. The van der Waals surface area contributed by atoms with Gasteiger partial charge >= 0.3 is 6.09 Å². The van der Waals surface area contributed by atoms with Gasteiger partial charge in [-0.15, -0.1) is 0 Å². The summed E-state index contributed by atoms with van der Waals surface area (Å²) in [5, 5.41) is 4.44. The largest absolute Gasteiger partial charge is 0.444 e. The molecular formula is C26H36N4O3. The summed E-state index contributed by atoms with van der Waals surface area (Å²) >= 11 is 0. The molecule has 1 aromatic heterocycles. The number of carbonyl (C=O) groups excluding carboxylic acids is 2. The summed E-state index contributed by atoms with van der Waals surface area (Å²) in [6.45, 7) is 10.5. The SMILES string of the molecule is Cc1ccc(C2CCN(C(=O)c3cnn(C)c3C3CCN(C(=O)OC(C)(C)C)CC3)C2)cc1. The molecule has 0 N–H and O–H groups in total. The molecule has 0 spiro atoms. The van der Waals surface area contributed by atoms with Crippen molar-refractivity contribution in [1.82, 2.24) is 19.6 Å². The van der Waals surface area contributed by atoms with Crippen molar-refractivity contribution in [2.75, 3.05) is 26.2 Å². The van der Waals surface area contributed by atoms with E-state index in [1.807, 2.05) is 37.4 Å². The Morgan fingerprint density at radius 2 is 1.58 bits per heavy atom. The van der Waals surface area contributed by atoms with E-state index in [1.54, 1.807) is 11.1 Å². The van der Waals surface area contributed by atoms with Gasteiger partial charge in [0.15, 0.2) is 0 Å². The van der Waals surface area contributed by atoms with Crippen LogP contribution in [0.25, 0.3) is 0 Å². The zero-order chi connectivity index (χ0) is 23.8. The highest BCUT2D eigenvalue weighted by molar-refractivity contribution is 5.95. The smallest absolute Gasteiger partial charge is 0.410 e. The minimum absolute atomic E-state index is 0.0716.